The molecule has 0 spiro atoms. The average molecular weight is 358 g/mol. The van der Waals surface area contributed by atoms with E-state index in [0.29, 0.717) is 6.42 Å². The molecule has 3 N–H and O–H groups in total. The summed E-state index contributed by atoms with van der Waals surface area (Å²) in [6.07, 6.45) is 0.548. The van der Waals surface area contributed by atoms with Gasteiger partial charge in [0.25, 0.3) is 20.2 Å². The van der Waals surface area contributed by atoms with Crippen molar-refractivity contribution in [1.82, 2.24) is 0 Å². The van der Waals surface area contributed by atoms with E-state index in [4.69, 9.17) is 4.55 Å². The monoisotopic (exact) mass is 358 g/mol. The minimum absolute atomic E-state index is 0.0428. The number of rotatable bonds is 5. The summed E-state index contributed by atoms with van der Waals surface area (Å²) in [7, 11) is -9.70. The van der Waals surface area contributed by atoms with Crippen molar-refractivity contribution in [2.45, 2.75) is 22.6 Å². The van der Waals surface area contributed by atoms with E-state index in [0.717, 1.165) is 17.7 Å². The third kappa shape index (κ3) is 4.08. The van der Waals surface area contributed by atoms with Crippen molar-refractivity contribution in [2.75, 3.05) is 0 Å². The molecule has 0 aliphatic carbocycles. The van der Waals surface area contributed by atoms with E-state index in [9.17, 15) is 26.5 Å². The predicted molar refractivity (Wildman–Crippen MR) is 81.6 cm³/mol. The first kappa shape index (κ1) is 17.4. The van der Waals surface area contributed by atoms with Crippen molar-refractivity contribution < 1.29 is 31.0 Å². The lowest BCUT2D eigenvalue weighted by atomic mass is 10.0. The Kier molecular flexibility index (Phi) is 4.76. The number of hydrogen-bond acceptors (Lipinski definition) is 5. The lowest BCUT2D eigenvalue weighted by Gasteiger charge is -2.11. The molecule has 0 aliphatic rings. The molecular weight excluding hydrogens is 344 g/mol. The number of hydrogen-bond donors (Lipinski definition) is 3. The second-order valence-corrected chi connectivity index (χ2v) is 7.58. The highest BCUT2D eigenvalue weighted by molar-refractivity contribution is 7.86. The van der Waals surface area contributed by atoms with Crippen molar-refractivity contribution in [2.24, 2.45) is 0 Å². The van der Waals surface area contributed by atoms with Crippen LogP contribution in [0.15, 0.2) is 52.3 Å². The van der Waals surface area contributed by atoms with E-state index >= 15 is 0 Å². The minimum atomic E-state index is -4.88. The minimum Gasteiger partial charge on any atom is -0.505 e. The van der Waals surface area contributed by atoms with E-state index < -0.39 is 35.8 Å². The fraction of sp³-hybridized carbons (Fsp3) is 0.143. The van der Waals surface area contributed by atoms with E-state index in [1.807, 2.05) is 18.2 Å². The molecule has 0 heterocycles. The summed E-state index contributed by atoms with van der Waals surface area (Å²) in [6, 6.07) is 11.1. The summed E-state index contributed by atoms with van der Waals surface area (Å²) < 4.78 is 63.5. The van der Waals surface area contributed by atoms with Crippen molar-refractivity contribution in [1.29, 1.82) is 0 Å². The van der Waals surface area contributed by atoms with Crippen LogP contribution in [0.25, 0.3) is 0 Å². The van der Waals surface area contributed by atoms with Crippen LogP contribution in [0.4, 0.5) is 0 Å². The van der Waals surface area contributed by atoms with Gasteiger partial charge in [-0.25, -0.2) is 0 Å². The summed E-state index contributed by atoms with van der Waals surface area (Å²) in [6.45, 7) is 0. The van der Waals surface area contributed by atoms with Crippen LogP contribution in [-0.4, -0.2) is 31.0 Å². The van der Waals surface area contributed by atoms with Crippen LogP contribution in [0, 0.1) is 0 Å². The van der Waals surface area contributed by atoms with Gasteiger partial charge in [0.1, 0.15) is 9.79 Å². The van der Waals surface area contributed by atoms with E-state index in [1.165, 1.54) is 0 Å². The standard InChI is InChI=1S/C14H14O7S2/c15-13-12(22(16,17)18)9-8-11(14(13)23(19,20)21)7-6-10-4-2-1-3-5-10/h1-5,8-9,15H,6-7H2,(H,16,17,18)(H,19,20,21). The Hall–Kier alpha value is -1.94. The Morgan fingerprint density at radius 3 is 1.91 bits per heavy atom. The van der Waals surface area contributed by atoms with E-state index in [-0.39, 0.29) is 12.0 Å². The van der Waals surface area contributed by atoms with E-state index in [1.54, 1.807) is 12.1 Å². The van der Waals surface area contributed by atoms with Crippen LogP contribution in [0.5, 0.6) is 5.75 Å². The Bertz CT molecular complexity index is 917. The zero-order valence-corrected chi connectivity index (χ0v) is 13.4. The molecule has 2 aromatic carbocycles. The highest BCUT2D eigenvalue weighted by Crippen LogP contribution is 2.33. The van der Waals surface area contributed by atoms with Crippen LogP contribution in [0.2, 0.25) is 0 Å². The van der Waals surface area contributed by atoms with Gasteiger partial charge < -0.3 is 5.11 Å². The number of phenols is 1. The molecule has 0 unspecified atom stereocenters. The topological polar surface area (TPSA) is 129 Å². The molecule has 7 nitrogen and oxygen atoms in total. The molecule has 0 atom stereocenters. The van der Waals surface area contributed by atoms with Gasteiger partial charge in [0.2, 0.25) is 0 Å². The second-order valence-electron chi connectivity index (χ2n) is 4.84. The van der Waals surface area contributed by atoms with Gasteiger partial charge in [0.15, 0.2) is 5.75 Å². The molecule has 0 amide bonds. The normalized spacial score (nSPS) is 12.3. The molecule has 2 rings (SSSR count). The molecule has 0 aromatic heterocycles. The lowest BCUT2D eigenvalue weighted by molar-refractivity contribution is 0.421. The molecule has 0 aliphatic heterocycles. The SMILES string of the molecule is O=S(=O)(O)c1ccc(CCc2ccccc2)c(S(=O)(=O)O)c1O. The van der Waals surface area contributed by atoms with Gasteiger partial charge in [-0.15, -0.1) is 0 Å². The first-order valence-corrected chi connectivity index (χ1v) is 9.32. The van der Waals surface area contributed by atoms with Crippen molar-refractivity contribution in [3.05, 3.63) is 53.6 Å². The van der Waals surface area contributed by atoms with Crippen LogP contribution in [0.3, 0.4) is 0 Å². The smallest absolute Gasteiger partial charge is 0.298 e. The van der Waals surface area contributed by atoms with Gasteiger partial charge in [-0.2, -0.15) is 16.8 Å². The summed E-state index contributed by atoms with van der Waals surface area (Å²) >= 11 is 0. The zero-order chi connectivity index (χ0) is 17.3. The van der Waals surface area contributed by atoms with Crippen LogP contribution in [-0.2, 0) is 33.1 Å². The van der Waals surface area contributed by atoms with Gasteiger partial charge in [-0.3, -0.25) is 9.11 Å². The van der Waals surface area contributed by atoms with Crippen molar-refractivity contribution in [3.8, 4) is 5.75 Å². The fourth-order valence-electron chi connectivity index (χ4n) is 2.21. The highest BCUT2D eigenvalue weighted by Gasteiger charge is 2.27. The quantitative estimate of drug-likeness (QED) is 0.693. The third-order valence-corrected chi connectivity index (χ3v) is 5.09. The van der Waals surface area contributed by atoms with Crippen molar-refractivity contribution >= 4 is 20.2 Å². The van der Waals surface area contributed by atoms with E-state index in [2.05, 4.69) is 0 Å². The molecule has 0 saturated heterocycles. The number of aromatic hydroxyl groups is 1. The molecule has 0 fully saturated rings. The van der Waals surface area contributed by atoms with Crippen LogP contribution < -0.4 is 0 Å². The Labute approximate surface area is 133 Å². The molecule has 9 heteroatoms. The molecular formula is C14H14O7S2. The van der Waals surface area contributed by atoms with Gasteiger partial charge in [0, 0.05) is 0 Å². The molecule has 124 valence electrons. The number of phenolic OH excluding ortho intramolecular Hbond substituents is 1. The van der Waals surface area contributed by atoms with Gasteiger partial charge in [0.05, 0.1) is 0 Å². The second kappa shape index (κ2) is 6.28. The Balaban J connectivity index is 2.50. The number of aryl methyl sites for hydroxylation is 2. The highest BCUT2D eigenvalue weighted by atomic mass is 32.2. The molecule has 0 bridgehead atoms. The van der Waals surface area contributed by atoms with Gasteiger partial charge in [-0.1, -0.05) is 36.4 Å². The lowest BCUT2D eigenvalue weighted by Crippen LogP contribution is -2.08. The number of benzene rings is 2. The maximum absolute atomic E-state index is 11.5. The first-order chi connectivity index (χ1) is 10.6. The third-order valence-electron chi connectivity index (χ3n) is 3.24. The molecule has 0 saturated carbocycles. The maximum Gasteiger partial charge on any atom is 0.298 e. The largest absolute Gasteiger partial charge is 0.505 e. The van der Waals surface area contributed by atoms with Crippen LogP contribution >= 0.6 is 0 Å². The van der Waals surface area contributed by atoms with Gasteiger partial charge in [-0.05, 0) is 30.0 Å². The fourth-order valence-corrected chi connectivity index (χ4v) is 3.72. The first-order valence-electron chi connectivity index (χ1n) is 6.44. The summed E-state index contributed by atoms with van der Waals surface area (Å²) in [5.41, 5.74) is 0.938. The molecule has 2 aromatic rings. The Morgan fingerprint density at radius 2 is 1.39 bits per heavy atom. The maximum atomic E-state index is 11.5. The summed E-state index contributed by atoms with van der Waals surface area (Å²) in [5.74, 6) is -1.19. The average Bonchev–Trinajstić information content (AvgIpc) is 2.43. The Morgan fingerprint density at radius 1 is 0.783 bits per heavy atom. The van der Waals surface area contributed by atoms with Crippen LogP contribution in [0.1, 0.15) is 11.1 Å². The predicted octanol–water partition coefficient (Wildman–Crippen LogP) is 1.67. The van der Waals surface area contributed by atoms with Gasteiger partial charge >= 0.3 is 0 Å². The molecule has 23 heavy (non-hydrogen) atoms. The summed E-state index contributed by atoms with van der Waals surface area (Å²) in [4.78, 5) is -1.89. The summed E-state index contributed by atoms with van der Waals surface area (Å²) in [5, 5.41) is 9.86. The van der Waals surface area contributed by atoms with Crippen molar-refractivity contribution in [3.63, 3.8) is 0 Å². The zero-order valence-electron chi connectivity index (χ0n) is 11.7. The molecule has 0 radical (unpaired) electrons.